The minimum Gasteiger partial charge on any atom is -0.313 e. The molecule has 0 aromatic carbocycles. The summed E-state index contributed by atoms with van der Waals surface area (Å²) in [6.45, 7) is 8.08. The van der Waals surface area contributed by atoms with E-state index in [1.165, 1.54) is 19.1 Å². The summed E-state index contributed by atoms with van der Waals surface area (Å²) in [5.41, 5.74) is 0. The van der Waals surface area contributed by atoms with Crippen molar-refractivity contribution in [2.45, 2.75) is 32.7 Å². The van der Waals surface area contributed by atoms with Crippen LogP contribution in [0, 0.1) is 5.92 Å². The largest absolute Gasteiger partial charge is 0.313 e. The van der Waals surface area contributed by atoms with Gasteiger partial charge in [0.1, 0.15) is 9.84 Å². The molecule has 5 heteroatoms. The van der Waals surface area contributed by atoms with Crippen LogP contribution in [0.25, 0.3) is 0 Å². The summed E-state index contributed by atoms with van der Waals surface area (Å²) in [5, 5.41) is 3.47. The zero-order chi connectivity index (χ0) is 12.9. The fourth-order valence-electron chi connectivity index (χ4n) is 2.29. The van der Waals surface area contributed by atoms with Gasteiger partial charge in [-0.3, -0.25) is 0 Å². The van der Waals surface area contributed by atoms with Crippen molar-refractivity contribution in [2.24, 2.45) is 5.92 Å². The van der Waals surface area contributed by atoms with Crippen LogP contribution in [0.1, 0.15) is 26.7 Å². The van der Waals surface area contributed by atoms with Crippen LogP contribution in [0.15, 0.2) is 0 Å². The predicted octanol–water partition coefficient (Wildman–Crippen LogP) is 0.741. The zero-order valence-electron chi connectivity index (χ0n) is 11.3. The fraction of sp³-hybridized carbons (Fsp3) is 1.00. The minimum atomic E-state index is -2.85. The van der Waals surface area contributed by atoms with Crippen molar-refractivity contribution in [1.29, 1.82) is 0 Å². The summed E-state index contributed by atoms with van der Waals surface area (Å²) in [6.07, 6.45) is 3.77. The Morgan fingerprint density at radius 2 is 2.12 bits per heavy atom. The summed E-state index contributed by atoms with van der Waals surface area (Å²) in [5.74, 6) is 0.850. The van der Waals surface area contributed by atoms with E-state index in [9.17, 15) is 8.42 Å². The van der Waals surface area contributed by atoms with Gasteiger partial charge in [0, 0.05) is 31.9 Å². The van der Waals surface area contributed by atoms with Gasteiger partial charge >= 0.3 is 0 Å². The smallest absolute Gasteiger partial charge is 0.148 e. The summed E-state index contributed by atoms with van der Waals surface area (Å²) >= 11 is 0. The maximum Gasteiger partial charge on any atom is 0.148 e. The molecule has 0 saturated carbocycles. The highest BCUT2D eigenvalue weighted by molar-refractivity contribution is 7.90. The van der Waals surface area contributed by atoms with Gasteiger partial charge in [0.05, 0.1) is 5.75 Å². The summed E-state index contributed by atoms with van der Waals surface area (Å²) in [4.78, 5) is 2.29. The first kappa shape index (κ1) is 14.9. The Morgan fingerprint density at radius 3 is 2.59 bits per heavy atom. The Balaban J connectivity index is 2.41. The van der Waals surface area contributed by atoms with E-state index in [0.29, 0.717) is 18.5 Å². The van der Waals surface area contributed by atoms with Gasteiger partial charge < -0.3 is 10.2 Å². The second-order valence-electron chi connectivity index (χ2n) is 5.58. The molecule has 1 rings (SSSR count). The molecule has 1 aliphatic rings. The Labute approximate surface area is 106 Å². The predicted molar refractivity (Wildman–Crippen MR) is 72.0 cm³/mol. The lowest BCUT2D eigenvalue weighted by Crippen LogP contribution is -2.41. The van der Waals surface area contributed by atoms with Gasteiger partial charge in [-0.05, 0) is 25.3 Å². The number of nitrogens with zero attached hydrogens (tertiary/aromatic N) is 1. The summed E-state index contributed by atoms with van der Waals surface area (Å²) in [6, 6.07) is 0.549. The number of rotatable bonds is 7. The molecule has 102 valence electrons. The van der Waals surface area contributed by atoms with Crippen LogP contribution < -0.4 is 5.32 Å². The molecule has 1 N–H and O–H groups in total. The second kappa shape index (κ2) is 6.71. The zero-order valence-corrected chi connectivity index (χ0v) is 12.1. The van der Waals surface area contributed by atoms with Crippen LogP contribution in [-0.4, -0.2) is 57.5 Å². The number of nitrogens with one attached hydrogen (secondary N) is 1. The Bertz CT molecular complexity index is 308. The highest BCUT2D eigenvalue weighted by Crippen LogP contribution is 2.08. The third kappa shape index (κ3) is 7.01. The normalized spacial score (nSPS) is 21.6. The van der Waals surface area contributed by atoms with E-state index in [0.717, 1.165) is 19.6 Å². The van der Waals surface area contributed by atoms with Gasteiger partial charge in [0.15, 0.2) is 0 Å². The lowest BCUT2D eigenvalue weighted by atomic mass is 10.1. The quantitative estimate of drug-likeness (QED) is 0.735. The SMILES string of the molecule is CC(C)CN(CCS(C)(=O)=O)CC1CCCN1. The highest BCUT2D eigenvalue weighted by atomic mass is 32.2. The van der Waals surface area contributed by atoms with Crippen molar-refractivity contribution in [3.05, 3.63) is 0 Å². The topological polar surface area (TPSA) is 49.4 Å². The number of sulfone groups is 1. The van der Waals surface area contributed by atoms with Crippen LogP contribution in [-0.2, 0) is 9.84 Å². The number of hydrogen-bond acceptors (Lipinski definition) is 4. The molecule has 1 fully saturated rings. The van der Waals surface area contributed by atoms with Crippen LogP contribution in [0.5, 0.6) is 0 Å². The van der Waals surface area contributed by atoms with Gasteiger partial charge in [-0.1, -0.05) is 13.8 Å². The average molecular weight is 262 g/mol. The molecule has 0 aliphatic carbocycles. The monoisotopic (exact) mass is 262 g/mol. The first-order valence-corrected chi connectivity index (χ1v) is 8.56. The molecule has 1 heterocycles. The second-order valence-corrected chi connectivity index (χ2v) is 7.84. The summed E-state index contributed by atoms with van der Waals surface area (Å²) in [7, 11) is -2.85. The molecule has 0 radical (unpaired) electrons. The Hall–Kier alpha value is -0.130. The van der Waals surface area contributed by atoms with E-state index in [1.807, 2.05) is 0 Å². The van der Waals surface area contributed by atoms with E-state index in [1.54, 1.807) is 0 Å². The first-order valence-electron chi connectivity index (χ1n) is 6.50. The van der Waals surface area contributed by atoms with E-state index in [2.05, 4.69) is 24.1 Å². The van der Waals surface area contributed by atoms with Crippen molar-refractivity contribution in [1.82, 2.24) is 10.2 Å². The van der Waals surface area contributed by atoms with Crippen LogP contribution in [0.3, 0.4) is 0 Å². The highest BCUT2D eigenvalue weighted by Gasteiger charge is 2.19. The molecule has 0 aromatic rings. The van der Waals surface area contributed by atoms with Gasteiger partial charge in [0.25, 0.3) is 0 Å². The van der Waals surface area contributed by atoms with Gasteiger partial charge in [-0.2, -0.15) is 0 Å². The Kier molecular flexibility index (Phi) is 5.89. The van der Waals surface area contributed by atoms with E-state index < -0.39 is 9.84 Å². The van der Waals surface area contributed by atoms with Crippen molar-refractivity contribution in [2.75, 3.05) is 38.2 Å². The molecule has 1 atom stereocenters. The molecule has 1 saturated heterocycles. The van der Waals surface area contributed by atoms with Crippen LogP contribution in [0.4, 0.5) is 0 Å². The maximum absolute atomic E-state index is 11.2. The molecule has 1 unspecified atom stereocenters. The van der Waals surface area contributed by atoms with Crippen molar-refractivity contribution >= 4 is 9.84 Å². The molecular weight excluding hydrogens is 236 g/mol. The Morgan fingerprint density at radius 1 is 1.41 bits per heavy atom. The van der Waals surface area contributed by atoms with Gasteiger partial charge in [-0.25, -0.2) is 8.42 Å². The summed E-state index contributed by atoms with van der Waals surface area (Å²) < 4.78 is 22.4. The first-order chi connectivity index (χ1) is 7.87. The minimum absolute atomic E-state index is 0.270. The molecule has 4 nitrogen and oxygen atoms in total. The van der Waals surface area contributed by atoms with Gasteiger partial charge in [-0.15, -0.1) is 0 Å². The lowest BCUT2D eigenvalue weighted by molar-refractivity contribution is 0.235. The van der Waals surface area contributed by atoms with Crippen molar-refractivity contribution in [3.8, 4) is 0 Å². The molecular formula is C12H26N2O2S. The third-order valence-electron chi connectivity index (χ3n) is 3.04. The van der Waals surface area contributed by atoms with Crippen LogP contribution in [0.2, 0.25) is 0 Å². The number of hydrogen-bond donors (Lipinski definition) is 1. The van der Waals surface area contributed by atoms with E-state index >= 15 is 0 Å². The standard InChI is InChI=1S/C12H26N2O2S/c1-11(2)9-14(7-8-17(3,15)16)10-12-5-4-6-13-12/h11-13H,4-10H2,1-3H3. The molecule has 0 bridgehead atoms. The fourth-order valence-corrected chi connectivity index (χ4v) is 2.88. The van der Waals surface area contributed by atoms with Crippen molar-refractivity contribution < 1.29 is 8.42 Å². The van der Waals surface area contributed by atoms with Gasteiger partial charge in [0.2, 0.25) is 0 Å². The molecule has 17 heavy (non-hydrogen) atoms. The third-order valence-corrected chi connectivity index (χ3v) is 3.97. The molecule has 0 aromatic heterocycles. The average Bonchev–Trinajstić information content (AvgIpc) is 2.65. The van der Waals surface area contributed by atoms with E-state index in [4.69, 9.17) is 0 Å². The van der Waals surface area contributed by atoms with Crippen molar-refractivity contribution in [3.63, 3.8) is 0 Å². The lowest BCUT2D eigenvalue weighted by Gasteiger charge is -2.26. The maximum atomic E-state index is 11.2. The molecule has 0 amide bonds. The molecule has 1 aliphatic heterocycles. The van der Waals surface area contributed by atoms with E-state index in [-0.39, 0.29) is 5.75 Å². The molecule has 0 spiro atoms. The van der Waals surface area contributed by atoms with Crippen LogP contribution >= 0.6 is 0 Å².